The molecule has 2 heterocycles. The summed E-state index contributed by atoms with van der Waals surface area (Å²) >= 11 is 0. The van der Waals surface area contributed by atoms with Crippen molar-refractivity contribution in [3.8, 4) is 0 Å². The number of H-pyrrole nitrogens is 1. The van der Waals surface area contributed by atoms with Crippen molar-refractivity contribution in [2.75, 3.05) is 13.1 Å². The summed E-state index contributed by atoms with van der Waals surface area (Å²) in [4.78, 5) is 21.3. The molecule has 1 fully saturated rings. The maximum absolute atomic E-state index is 11.8. The summed E-state index contributed by atoms with van der Waals surface area (Å²) in [6.45, 7) is 6.14. The van der Waals surface area contributed by atoms with Crippen LogP contribution in [0.1, 0.15) is 32.5 Å². The van der Waals surface area contributed by atoms with Crippen molar-refractivity contribution in [1.29, 1.82) is 0 Å². The van der Waals surface area contributed by atoms with E-state index in [1.54, 1.807) is 6.20 Å². The fourth-order valence-corrected chi connectivity index (χ4v) is 2.41. The molecule has 2 rings (SSSR count). The second-order valence-corrected chi connectivity index (χ2v) is 5.73. The summed E-state index contributed by atoms with van der Waals surface area (Å²) in [5, 5.41) is 13.1. The van der Waals surface area contributed by atoms with Crippen LogP contribution in [0.5, 0.6) is 0 Å². The van der Waals surface area contributed by atoms with Crippen LogP contribution < -0.4 is 5.32 Å². The zero-order chi connectivity index (χ0) is 14.5. The standard InChI is InChI=1S/C14H24N4O2/c1-10(2)14(20)17-11-3-7-18(8-4-12(11)19)9-13-15-5-6-16-13/h5-6,10-12,19H,3-4,7-9H2,1-2H3,(H,15,16)(H,17,20)/t11-,12-/m0/s1. The summed E-state index contributed by atoms with van der Waals surface area (Å²) in [5.41, 5.74) is 0. The van der Waals surface area contributed by atoms with Gasteiger partial charge in [-0.1, -0.05) is 13.8 Å². The zero-order valence-electron chi connectivity index (χ0n) is 12.2. The number of aromatic amines is 1. The van der Waals surface area contributed by atoms with Crippen LogP contribution >= 0.6 is 0 Å². The second kappa shape index (κ2) is 6.85. The van der Waals surface area contributed by atoms with E-state index in [1.165, 1.54) is 0 Å². The number of likely N-dealkylation sites (tertiary alicyclic amines) is 1. The van der Waals surface area contributed by atoms with Crippen molar-refractivity contribution >= 4 is 5.91 Å². The third-order valence-electron chi connectivity index (χ3n) is 3.74. The van der Waals surface area contributed by atoms with Crippen molar-refractivity contribution < 1.29 is 9.90 Å². The van der Waals surface area contributed by atoms with Crippen LogP contribution in [0.4, 0.5) is 0 Å². The number of hydrogen-bond donors (Lipinski definition) is 3. The normalized spacial score (nSPS) is 24.6. The van der Waals surface area contributed by atoms with E-state index in [1.807, 2.05) is 20.0 Å². The molecule has 112 valence electrons. The minimum Gasteiger partial charge on any atom is -0.391 e. The molecule has 0 aromatic carbocycles. The number of nitrogens with zero attached hydrogens (tertiary/aromatic N) is 2. The lowest BCUT2D eigenvalue weighted by atomic mass is 10.1. The predicted molar refractivity (Wildman–Crippen MR) is 75.9 cm³/mol. The first-order valence-electron chi connectivity index (χ1n) is 7.25. The number of imidazole rings is 1. The third-order valence-corrected chi connectivity index (χ3v) is 3.74. The molecule has 20 heavy (non-hydrogen) atoms. The molecule has 3 N–H and O–H groups in total. The lowest BCUT2D eigenvalue weighted by Gasteiger charge is -2.22. The molecule has 1 aromatic heterocycles. The Kier molecular flexibility index (Phi) is 5.14. The van der Waals surface area contributed by atoms with Gasteiger partial charge in [0.15, 0.2) is 0 Å². The molecule has 0 unspecified atom stereocenters. The molecule has 0 aliphatic carbocycles. The first kappa shape index (κ1) is 15.0. The third kappa shape index (κ3) is 4.05. The topological polar surface area (TPSA) is 81.2 Å². The molecule has 1 aromatic rings. The molecular weight excluding hydrogens is 256 g/mol. The Morgan fingerprint density at radius 1 is 1.55 bits per heavy atom. The highest BCUT2D eigenvalue weighted by Gasteiger charge is 2.26. The van der Waals surface area contributed by atoms with E-state index >= 15 is 0 Å². The molecule has 0 saturated carbocycles. The maximum Gasteiger partial charge on any atom is 0.222 e. The highest BCUT2D eigenvalue weighted by molar-refractivity contribution is 5.78. The van der Waals surface area contributed by atoms with Crippen molar-refractivity contribution in [3.05, 3.63) is 18.2 Å². The fraction of sp³-hybridized carbons (Fsp3) is 0.714. The van der Waals surface area contributed by atoms with Crippen LogP contribution in [-0.2, 0) is 11.3 Å². The number of hydrogen-bond acceptors (Lipinski definition) is 4. The van der Waals surface area contributed by atoms with Crippen molar-refractivity contribution in [3.63, 3.8) is 0 Å². The minimum atomic E-state index is -0.473. The van der Waals surface area contributed by atoms with E-state index in [0.717, 1.165) is 31.9 Å². The van der Waals surface area contributed by atoms with Gasteiger partial charge in [0.1, 0.15) is 5.82 Å². The Morgan fingerprint density at radius 3 is 2.95 bits per heavy atom. The zero-order valence-corrected chi connectivity index (χ0v) is 12.2. The molecule has 1 aliphatic heterocycles. The van der Waals surface area contributed by atoms with Gasteiger partial charge < -0.3 is 15.4 Å². The monoisotopic (exact) mass is 280 g/mol. The molecule has 1 amide bonds. The fourth-order valence-electron chi connectivity index (χ4n) is 2.41. The molecule has 6 heteroatoms. The highest BCUT2D eigenvalue weighted by Crippen LogP contribution is 2.14. The Bertz CT molecular complexity index is 419. The van der Waals surface area contributed by atoms with Gasteiger partial charge in [-0.2, -0.15) is 0 Å². The summed E-state index contributed by atoms with van der Waals surface area (Å²) in [5.74, 6) is 0.891. The number of carbonyl (C=O) groups is 1. The van der Waals surface area contributed by atoms with Crippen LogP contribution in [0.15, 0.2) is 12.4 Å². The number of rotatable bonds is 4. The molecule has 6 nitrogen and oxygen atoms in total. The van der Waals surface area contributed by atoms with Crippen LogP contribution in [0.2, 0.25) is 0 Å². The Balaban J connectivity index is 1.88. The van der Waals surface area contributed by atoms with Gasteiger partial charge in [0, 0.05) is 31.4 Å². The van der Waals surface area contributed by atoms with Crippen molar-refractivity contribution in [2.45, 2.75) is 45.4 Å². The van der Waals surface area contributed by atoms with Crippen LogP contribution in [0.25, 0.3) is 0 Å². The average Bonchev–Trinajstić information content (AvgIpc) is 2.86. The van der Waals surface area contributed by atoms with E-state index in [4.69, 9.17) is 0 Å². The van der Waals surface area contributed by atoms with Gasteiger partial charge in [0.05, 0.1) is 18.7 Å². The van der Waals surface area contributed by atoms with Gasteiger partial charge in [-0.05, 0) is 12.8 Å². The van der Waals surface area contributed by atoms with Gasteiger partial charge in [-0.25, -0.2) is 4.98 Å². The molecular formula is C14H24N4O2. The lowest BCUT2D eigenvalue weighted by molar-refractivity contribution is -0.125. The van der Waals surface area contributed by atoms with Crippen molar-refractivity contribution in [1.82, 2.24) is 20.2 Å². The van der Waals surface area contributed by atoms with Gasteiger partial charge in [-0.15, -0.1) is 0 Å². The molecule has 1 saturated heterocycles. The van der Waals surface area contributed by atoms with E-state index in [0.29, 0.717) is 6.42 Å². The molecule has 0 bridgehead atoms. The van der Waals surface area contributed by atoms with E-state index in [9.17, 15) is 9.90 Å². The second-order valence-electron chi connectivity index (χ2n) is 5.73. The van der Waals surface area contributed by atoms with Gasteiger partial charge >= 0.3 is 0 Å². The first-order chi connectivity index (χ1) is 9.56. The number of aromatic nitrogens is 2. The smallest absolute Gasteiger partial charge is 0.222 e. The minimum absolute atomic E-state index is 0.00790. The van der Waals surface area contributed by atoms with Crippen LogP contribution in [-0.4, -0.2) is 51.1 Å². The molecule has 2 atom stereocenters. The first-order valence-corrected chi connectivity index (χ1v) is 7.25. The van der Waals surface area contributed by atoms with Gasteiger partial charge in [0.2, 0.25) is 5.91 Å². The maximum atomic E-state index is 11.8. The Labute approximate surface area is 119 Å². The van der Waals surface area contributed by atoms with E-state index in [-0.39, 0.29) is 17.9 Å². The van der Waals surface area contributed by atoms with E-state index in [2.05, 4.69) is 20.2 Å². The SMILES string of the molecule is CC(C)C(=O)N[C@H]1CCN(Cc2ncc[nH]2)CC[C@@H]1O. The van der Waals surface area contributed by atoms with Crippen LogP contribution in [0, 0.1) is 5.92 Å². The summed E-state index contributed by atoms with van der Waals surface area (Å²) < 4.78 is 0. The average molecular weight is 280 g/mol. The molecule has 0 spiro atoms. The largest absolute Gasteiger partial charge is 0.391 e. The van der Waals surface area contributed by atoms with Crippen LogP contribution in [0.3, 0.4) is 0 Å². The Morgan fingerprint density at radius 2 is 2.30 bits per heavy atom. The van der Waals surface area contributed by atoms with E-state index < -0.39 is 6.10 Å². The summed E-state index contributed by atoms with van der Waals surface area (Å²) in [6.07, 6.45) is 4.52. The summed E-state index contributed by atoms with van der Waals surface area (Å²) in [7, 11) is 0. The number of aliphatic hydroxyl groups excluding tert-OH is 1. The lowest BCUT2D eigenvalue weighted by Crippen LogP contribution is -2.44. The van der Waals surface area contributed by atoms with Gasteiger partial charge in [-0.3, -0.25) is 9.69 Å². The highest BCUT2D eigenvalue weighted by atomic mass is 16.3. The van der Waals surface area contributed by atoms with Gasteiger partial charge in [0.25, 0.3) is 0 Å². The summed E-state index contributed by atoms with van der Waals surface area (Å²) in [6, 6.07) is -0.147. The van der Waals surface area contributed by atoms with Crippen molar-refractivity contribution in [2.24, 2.45) is 5.92 Å². The predicted octanol–water partition coefficient (Wildman–Crippen LogP) is 0.507. The molecule has 1 aliphatic rings. The Hall–Kier alpha value is -1.40. The number of nitrogens with one attached hydrogen (secondary N) is 2. The number of carbonyl (C=O) groups excluding carboxylic acids is 1. The molecule has 0 radical (unpaired) electrons. The quantitative estimate of drug-likeness (QED) is 0.750. The number of aliphatic hydroxyl groups is 1. The number of amides is 1.